The molecule has 23 heavy (non-hydrogen) atoms. The van der Waals surface area contributed by atoms with Crippen molar-refractivity contribution < 1.29 is 14.3 Å². The summed E-state index contributed by atoms with van der Waals surface area (Å²) < 4.78 is 5.13. The smallest absolute Gasteiger partial charge is 0.340 e. The Morgan fingerprint density at radius 3 is 2.57 bits per heavy atom. The lowest BCUT2D eigenvalue weighted by molar-refractivity contribution is -0.122. The van der Waals surface area contributed by atoms with Crippen molar-refractivity contribution in [1.82, 2.24) is 15.3 Å². The van der Waals surface area contributed by atoms with E-state index in [9.17, 15) is 9.59 Å². The minimum absolute atomic E-state index is 0.166. The number of nitrogens with one attached hydrogen (secondary N) is 1. The lowest BCUT2D eigenvalue weighted by Gasteiger charge is -2.29. The van der Waals surface area contributed by atoms with Gasteiger partial charge in [-0.15, -0.1) is 0 Å². The number of methoxy groups -OCH3 is 1. The SMILES string of the molecule is COc1ccc(N2C=CN3C(=O)N(CC4CC4)NC3C2=O)cc1. The zero-order valence-corrected chi connectivity index (χ0v) is 12.8. The summed E-state index contributed by atoms with van der Waals surface area (Å²) in [5.41, 5.74) is 3.77. The van der Waals surface area contributed by atoms with Crippen molar-refractivity contribution in [3.63, 3.8) is 0 Å². The molecule has 1 saturated carbocycles. The van der Waals surface area contributed by atoms with E-state index in [-0.39, 0.29) is 11.9 Å². The third-order valence-electron chi connectivity index (χ3n) is 4.34. The Morgan fingerprint density at radius 1 is 1.17 bits per heavy atom. The van der Waals surface area contributed by atoms with Crippen LogP contribution in [0.15, 0.2) is 36.7 Å². The van der Waals surface area contributed by atoms with Crippen LogP contribution in [0.3, 0.4) is 0 Å². The molecule has 1 N–H and O–H groups in total. The fourth-order valence-electron chi connectivity index (χ4n) is 2.83. The van der Waals surface area contributed by atoms with Gasteiger partial charge in [-0.2, -0.15) is 5.43 Å². The maximum atomic E-state index is 12.7. The van der Waals surface area contributed by atoms with E-state index in [1.165, 1.54) is 4.90 Å². The first-order valence-electron chi connectivity index (χ1n) is 7.69. The highest BCUT2D eigenvalue weighted by Crippen LogP contribution is 2.32. The lowest BCUT2D eigenvalue weighted by Crippen LogP contribution is -2.51. The minimum atomic E-state index is -0.673. The van der Waals surface area contributed by atoms with Gasteiger partial charge in [0.2, 0.25) is 0 Å². The number of urea groups is 1. The molecule has 3 amide bonds. The molecular weight excluding hydrogens is 296 g/mol. The molecule has 2 heterocycles. The van der Waals surface area contributed by atoms with Gasteiger partial charge in [-0.3, -0.25) is 19.6 Å². The van der Waals surface area contributed by atoms with Gasteiger partial charge in [-0.25, -0.2) is 4.79 Å². The summed E-state index contributed by atoms with van der Waals surface area (Å²) in [6.07, 6.45) is 4.91. The van der Waals surface area contributed by atoms with Gasteiger partial charge in [0.05, 0.1) is 7.11 Å². The number of rotatable bonds is 4. The molecule has 1 aromatic rings. The van der Waals surface area contributed by atoms with Gasteiger partial charge in [-0.1, -0.05) is 0 Å². The second-order valence-electron chi connectivity index (χ2n) is 5.98. The van der Waals surface area contributed by atoms with E-state index in [0.717, 1.165) is 24.3 Å². The van der Waals surface area contributed by atoms with E-state index >= 15 is 0 Å². The Kier molecular flexibility index (Phi) is 3.23. The Bertz CT molecular complexity index is 668. The standard InChI is InChI=1S/C16H18N4O3/c1-23-13-6-4-12(5-7-13)18-8-9-19-14(15(18)21)17-20(16(19)22)10-11-2-3-11/h4-9,11,14,17H,2-3,10H2,1H3. The third kappa shape index (κ3) is 2.43. The number of fused-ring (bicyclic) bond motifs is 1. The largest absolute Gasteiger partial charge is 0.497 e. The number of hydrogen-bond donors (Lipinski definition) is 1. The molecule has 3 aliphatic rings. The number of carbonyl (C=O) groups is 2. The summed E-state index contributed by atoms with van der Waals surface area (Å²) in [6, 6.07) is 7.07. The summed E-state index contributed by atoms with van der Waals surface area (Å²) >= 11 is 0. The fraction of sp³-hybridized carbons (Fsp3) is 0.375. The molecule has 0 radical (unpaired) electrons. The van der Waals surface area contributed by atoms with Gasteiger partial charge < -0.3 is 4.74 Å². The van der Waals surface area contributed by atoms with Gasteiger partial charge >= 0.3 is 6.03 Å². The van der Waals surface area contributed by atoms with Crippen molar-refractivity contribution in [2.24, 2.45) is 5.92 Å². The number of nitrogens with zero attached hydrogens (tertiary/aromatic N) is 3. The van der Waals surface area contributed by atoms with Crippen LogP contribution in [0.2, 0.25) is 0 Å². The molecule has 0 aromatic heterocycles. The second kappa shape index (κ2) is 5.27. The van der Waals surface area contributed by atoms with Gasteiger partial charge in [0.25, 0.3) is 5.91 Å². The number of hydrogen-bond acceptors (Lipinski definition) is 4. The number of amides is 3. The van der Waals surface area contributed by atoms with E-state index in [0.29, 0.717) is 12.5 Å². The Morgan fingerprint density at radius 2 is 1.91 bits per heavy atom. The Balaban J connectivity index is 1.54. The Hall–Kier alpha value is -2.54. The number of benzene rings is 1. The maximum Gasteiger partial charge on any atom is 0.340 e. The monoisotopic (exact) mass is 314 g/mol. The molecule has 1 saturated heterocycles. The predicted molar refractivity (Wildman–Crippen MR) is 83.2 cm³/mol. The van der Waals surface area contributed by atoms with Crippen molar-refractivity contribution in [1.29, 1.82) is 0 Å². The molecule has 4 rings (SSSR count). The van der Waals surface area contributed by atoms with Gasteiger partial charge in [0, 0.05) is 24.6 Å². The second-order valence-corrected chi connectivity index (χ2v) is 5.98. The van der Waals surface area contributed by atoms with Gasteiger partial charge in [-0.05, 0) is 43.0 Å². The molecular formula is C16H18N4O3. The lowest BCUT2D eigenvalue weighted by atomic mass is 10.2. The average Bonchev–Trinajstić information content (AvgIpc) is 3.33. The molecule has 7 nitrogen and oxygen atoms in total. The van der Waals surface area contributed by atoms with Crippen LogP contribution in [-0.4, -0.2) is 41.7 Å². The predicted octanol–water partition coefficient (Wildman–Crippen LogP) is 1.49. The highest BCUT2D eigenvalue weighted by atomic mass is 16.5. The normalized spacial score (nSPS) is 23.5. The summed E-state index contributed by atoms with van der Waals surface area (Å²) in [5.74, 6) is 1.11. The fourth-order valence-corrected chi connectivity index (χ4v) is 2.83. The summed E-state index contributed by atoms with van der Waals surface area (Å²) in [7, 11) is 1.60. The highest BCUT2D eigenvalue weighted by molar-refractivity contribution is 6.02. The number of ether oxygens (including phenoxy) is 1. The minimum Gasteiger partial charge on any atom is -0.497 e. The number of hydrazine groups is 1. The summed E-state index contributed by atoms with van der Waals surface area (Å²) in [4.78, 5) is 28.0. The van der Waals surface area contributed by atoms with Crippen LogP contribution in [0.5, 0.6) is 5.75 Å². The van der Waals surface area contributed by atoms with Crippen LogP contribution >= 0.6 is 0 Å². The number of anilines is 1. The van der Waals surface area contributed by atoms with Crippen molar-refractivity contribution in [2.75, 3.05) is 18.6 Å². The Labute approximate surface area is 134 Å². The van der Waals surface area contributed by atoms with Crippen molar-refractivity contribution in [3.8, 4) is 5.75 Å². The van der Waals surface area contributed by atoms with Crippen LogP contribution in [-0.2, 0) is 4.79 Å². The average molecular weight is 314 g/mol. The zero-order chi connectivity index (χ0) is 16.0. The van der Waals surface area contributed by atoms with E-state index in [1.807, 2.05) is 12.1 Å². The quantitative estimate of drug-likeness (QED) is 0.914. The van der Waals surface area contributed by atoms with Crippen LogP contribution in [0.4, 0.5) is 10.5 Å². The molecule has 0 spiro atoms. The van der Waals surface area contributed by atoms with E-state index in [2.05, 4.69) is 5.43 Å². The molecule has 7 heteroatoms. The van der Waals surface area contributed by atoms with E-state index in [1.54, 1.807) is 41.6 Å². The van der Waals surface area contributed by atoms with Crippen LogP contribution in [0.1, 0.15) is 12.8 Å². The van der Waals surface area contributed by atoms with Crippen molar-refractivity contribution in [2.45, 2.75) is 19.0 Å². The molecule has 1 aromatic carbocycles. The third-order valence-corrected chi connectivity index (χ3v) is 4.34. The zero-order valence-electron chi connectivity index (χ0n) is 12.8. The first-order valence-corrected chi connectivity index (χ1v) is 7.69. The summed E-state index contributed by atoms with van der Waals surface area (Å²) in [5, 5.41) is 1.56. The maximum absolute atomic E-state index is 12.7. The molecule has 2 aliphatic heterocycles. The molecule has 1 atom stereocenters. The molecule has 0 bridgehead atoms. The van der Waals surface area contributed by atoms with Gasteiger partial charge in [0.15, 0.2) is 6.17 Å². The van der Waals surface area contributed by atoms with Crippen molar-refractivity contribution in [3.05, 3.63) is 36.7 Å². The molecule has 120 valence electrons. The van der Waals surface area contributed by atoms with Crippen molar-refractivity contribution >= 4 is 17.6 Å². The molecule has 1 unspecified atom stereocenters. The van der Waals surface area contributed by atoms with Crippen LogP contribution < -0.4 is 15.1 Å². The highest BCUT2D eigenvalue weighted by Gasteiger charge is 2.45. The first kappa shape index (κ1) is 14.1. The van der Waals surface area contributed by atoms with E-state index in [4.69, 9.17) is 4.74 Å². The topological polar surface area (TPSA) is 65.1 Å². The van der Waals surface area contributed by atoms with E-state index < -0.39 is 6.17 Å². The number of carbonyl (C=O) groups excluding carboxylic acids is 2. The van der Waals surface area contributed by atoms with Crippen LogP contribution in [0, 0.1) is 5.92 Å². The van der Waals surface area contributed by atoms with Crippen LogP contribution in [0.25, 0.3) is 0 Å². The van der Waals surface area contributed by atoms with Gasteiger partial charge in [0.1, 0.15) is 5.75 Å². The summed E-state index contributed by atoms with van der Waals surface area (Å²) in [6.45, 7) is 0.662. The molecule has 2 fully saturated rings. The molecule has 1 aliphatic carbocycles. The first-order chi connectivity index (χ1) is 11.2.